The van der Waals surface area contributed by atoms with Crippen molar-refractivity contribution in [2.24, 2.45) is 0 Å². The number of aromatic nitrogens is 2. The van der Waals surface area contributed by atoms with E-state index in [1.165, 1.54) is 5.57 Å². The van der Waals surface area contributed by atoms with Crippen LogP contribution >= 0.6 is 12.4 Å². The number of likely N-dealkylation sites (N-methyl/N-ethyl adjacent to an activating group) is 1. The van der Waals surface area contributed by atoms with Crippen molar-refractivity contribution in [1.82, 2.24) is 15.5 Å². The number of allylic oxidation sites excluding steroid dienone is 2. The predicted octanol–water partition coefficient (Wildman–Crippen LogP) is 2.46. The standard InChI is InChI=1S/C11H19N3O.ClH/c1-7(2)9(4)11-13-10(14-15-11)6-8(3)12-5;/h8,12H,6H2,1-5H3;1H. The molecule has 1 heterocycles. The third-order valence-electron chi connectivity index (χ3n) is 2.52. The Morgan fingerprint density at radius 3 is 2.50 bits per heavy atom. The van der Waals surface area contributed by atoms with Gasteiger partial charge in [0.05, 0.1) is 0 Å². The average Bonchev–Trinajstić information content (AvgIpc) is 2.64. The van der Waals surface area contributed by atoms with E-state index in [4.69, 9.17) is 4.52 Å². The van der Waals surface area contributed by atoms with Crippen molar-refractivity contribution in [2.75, 3.05) is 7.05 Å². The highest BCUT2D eigenvalue weighted by atomic mass is 35.5. The smallest absolute Gasteiger partial charge is 0.253 e. The van der Waals surface area contributed by atoms with Gasteiger partial charge in [-0.3, -0.25) is 0 Å². The van der Waals surface area contributed by atoms with Gasteiger partial charge in [-0.15, -0.1) is 12.4 Å². The van der Waals surface area contributed by atoms with Crippen LogP contribution in [0.2, 0.25) is 0 Å². The highest BCUT2D eigenvalue weighted by Gasteiger charge is 2.10. The number of halogens is 1. The molecule has 4 nitrogen and oxygen atoms in total. The molecule has 0 aromatic carbocycles. The second-order valence-corrected chi connectivity index (χ2v) is 4.03. The first-order valence-corrected chi connectivity index (χ1v) is 5.19. The molecule has 0 aliphatic rings. The zero-order valence-corrected chi connectivity index (χ0v) is 11.3. The van der Waals surface area contributed by atoms with Crippen LogP contribution in [0.1, 0.15) is 39.4 Å². The molecule has 92 valence electrons. The van der Waals surface area contributed by atoms with Crippen LogP contribution in [0.3, 0.4) is 0 Å². The van der Waals surface area contributed by atoms with Crippen LogP contribution in [0.4, 0.5) is 0 Å². The molecule has 0 radical (unpaired) electrons. The summed E-state index contributed by atoms with van der Waals surface area (Å²) in [5.74, 6) is 1.39. The molecule has 1 rings (SSSR count). The summed E-state index contributed by atoms with van der Waals surface area (Å²) in [6, 6.07) is 0.363. The molecule has 16 heavy (non-hydrogen) atoms. The highest BCUT2D eigenvalue weighted by Crippen LogP contribution is 2.15. The maximum atomic E-state index is 5.19. The molecular weight excluding hydrogens is 226 g/mol. The van der Waals surface area contributed by atoms with Crippen LogP contribution in [0, 0.1) is 0 Å². The largest absolute Gasteiger partial charge is 0.334 e. The van der Waals surface area contributed by atoms with Crippen molar-refractivity contribution in [1.29, 1.82) is 0 Å². The number of hydrogen-bond donors (Lipinski definition) is 1. The Balaban J connectivity index is 0.00000225. The lowest BCUT2D eigenvalue weighted by Gasteiger charge is -2.04. The minimum atomic E-state index is 0. The van der Waals surface area contributed by atoms with Crippen LogP contribution in [-0.2, 0) is 6.42 Å². The predicted molar refractivity (Wildman–Crippen MR) is 67.7 cm³/mol. The molecule has 0 fully saturated rings. The van der Waals surface area contributed by atoms with E-state index in [0.29, 0.717) is 11.9 Å². The van der Waals surface area contributed by atoms with Crippen molar-refractivity contribution in [3.63, 3.8) is 0 Å². The van der Waals surface area contributed by atoms with Gasteiger partial charge in [-0.1, -0.05) is 10.7 Å². The lowest BCUT2D eigenvalue weighted by atomic mass is 10.2. The Morgan fingerprint density at radius 1 is 1.38 bits per heavy atom. The summed E-state index contributed by atoms with van der Waals surface area (Å²) >= 11 is 0. The summed E-state index contributed by atoms with van der Waals surface area (Å²) in [6.45, 7) is 8.16. The van der Waals surface area contributed by atoms with E-state index in [9.17, 15) is 0 Å². The zero-order chi connectivity index (χ0) is 11.4. The Hall–Kier alpha value is -0.870. The first kappa shape index (κ1) is 15.1. The van der Waals surface area contributed by atoms with E-state index in [1.807, 2.05) is 27.8 Å². The van der Waals surface area contributed by atoms with Gasteiger partial charge in [-0.25, -0.2) is 0 Å². The van der Waals surface area contributed by atoms with Crippen molar-refractivity contribution < 1.29 is 4.52 Å². The minimum Gasteiger partial charge on any atom is -0.334 e. The van der Waals surface area contributed by atoms with Crippen molar-refractivity contribution in [3.8, 4) is 0 Å². The van der Waals surface area contributed by atoms with Gasteiger partial charge in [0.1, 0.15) is 0 Å². The average molecular weight is 246 g/mol. The van der Waals surface area contributed by atoms with Gasteiger partial charge in [0.25, 0.3) is 5.89 Å². The number of nitrogens with zero attached hydrogens (tertiary/aromatic N) is 2. The second-order valence-electron chi connectivity index (χ2n) is 4.03. The van der Waals surface area contributed by atoms with Gasteiger partial charge in [0.2, 0.25) is 0 Å². The minimum absolute atomic E-state index is 0. The fourth-order valence-corrected chi connectivity index (χ4v) is 1.08. The number of rotatable bonds is 4. The monoisotopic (exact) mass is 245 g/mol. The summed E-state index contributed by atoms with van der Waals surface area (Å²) in [7, 11) is 1.92. The highest BCUT2D eigenvalue weighted by molar-refractivity contribution is 5.85. The van der Waals surface area contributed by atoms with Gasteiger partial charge in [-0.2, -0.15) is 4.98 Å². The van der Waals surface area contributed by atoms with E-state index in [-0.39, 0.29) is 12.4 Å². The number of hydrogen-bond acceptors (Lipinski definition) is 4. The van der Waals surface area contributed by atoms with Crippen molar-refractivity contribution in [2.45, 2.75) is 40.2 Å². The molecule has 5 heteroatoms. The van der Waals surface area contributed by atoms with Crippen LogP contribution in [-0.4, -0.2) is 23.2 Å². The van der Waals surface area contributed by atoms with Crippen LogP contribution < -0.4 is 5.32 Å². The van der Waals surface area contributed by atoms with Crippen LogP contribution in [0.15, 0.2) is 10.1 Å². The molecule has 1 unspecified atom stereocenters. The van der Waals surface area contributed by atoms with Crippen molar-refractivity contribution >= 4 is 18.0 Å². The van der Waals surface area contributed by atoms with Gasteiger partial charge in [0.15, 0.2) is 5.82 Å². The molecule has 1 N–H and O–H groups in total. The molecule has 1 aromatic heterocycles. The molecule has 0 aliphatic carbocycles. The molecule has 0 aliphatic heterocycles. The van der Waals surface area contributed by atoms with E-state index in [0.717, 1.165) is 17.8 Å². The molecular formula is C11H20ClN3O. The topological polar surface area (TPSA) is 51.0 Å². The maximum Gasteiger partial charge on any atom is 0.253 e. The summed E-state index contributed by atoms with van der Waals surface area (Å²) in [6.07, 6.45) is 0.788. The first-order valence-electron chi connectivity index (χ1n) is 5.19. The maximum absolute atomic E-state index is 5.19. The summed E-state index contributed by atoms with van der Waals surface area (Å²) < 4.78 is 5.19. The summed E-state index contributed by atoms with van der Waals surface area (Å²) in [5.41, 5.74) is 2.26. The number of nitrogens with one attached hydrogen (secondary N) is 1. The molecule has 0 spiro atoms. The normalized spacial score (nSPS) is 11.8. The third kappa shape index (κ3) is 3.94. The Morgan fingerprint density at radius 2 is 2.00 bits per heavy atom. The van der Waals surface area contributed by atoms with E-state index in [2.05, 4.69) is 22.4 Å². The fraction of sp³-hybridized carbons (Fsp3) is 0.636. The SMILES string of the molecule is CNC(C)Cc1noc(C(C)=C(C)C)n1.Cl. The first-order chi connectivity index (χ1) is 7.04. The lowest BCUT2D eigenvalue weighted by Crippen LogP contribution is -2.24. The Labute approximate surface area is 103 Å². The van der Waals surface area contributed by atoms with E-state index < -0.39 is 0 Å². The van der Waals surface area contributed by atoms with Crippen LogP contribution in [0.5, 0.6) is 0 Å². The van der Waals surface area contributed by atoms with Gasteiger partial charge in [-0.05, 0) is 34.7 Å². The molecule has 0 saturated heterocycles. The Kier molecular flexibility index (Phi) is 6.29. The van der Waals surface area contributed by atoms with E-state index >= 15 is 0 Å². The molecule has 0 saturated carbocycles. The zero-order valence-electron chi connectivity index (χ0n) is 10.5. The van der Waals surface area contributed by atoms with Gasteiger partial charge < -0.3 is 9.84 Å². The summed E-state index contributed by atoms with van der Waals surface area (Å²) in [5, 5.41) is 7.09. The molecule has 0 bridgehead atoms. The third-order valence-corrected chi connectivity index (χ3v) is 2.52. The van der Waals surface area contributed by atoms with E-state index in [1.54, 1.807) is 0 Å². The van der Waals surface area contributed by atoms with Gasteiger partial charge >= 0.3 is 0 Å². The van der Waals surface area contributed by atoms with Crippen LogP contribution in [0.25, 0.3) is 5.57 Å². The Bertz CT molecular complexity index is 356. The second kappa shape index (κ2) is 6.66. The summed E-state index contributed by atoms with van der Waals surface area (Å²) in [4.78, 5) is 4.34. The van der Waals surface area contributed by atoms with Gasteiger partial charge in [0, 0.05) is 18.0 Å². The molecule has 1 aromatic rings. The lowest BCUT2D eigenvalue weighted by molar-refractivity contribution is 0.397. The fourth-order valence-electron chi connectivity index (χ4n) is 1.08. The van der Waals surface area contributed by atoms with Crippen molar-refractivity contribution in [3.05, 3.63) is 17.3 Å². The molecule has 1 atom stereocenters. The molecule has 0 amide bonds. The quantitative estimate of drug-likeness (QED) is 0.885.